The van der Waals surface area contributed by atoms with E-state index in [9.17, 15) is 9.59 Å². The predicted octanol–water partition coefficient (Wildman–Crippen LogP) is 0.496. The molecule has 0 bridgehead atoms. The van der Waals surface area contributed by atoms with Crippen molar-refractivity contribution < 1.29 is 10.9 Å². The molecule has 2 aliphatic heterocycles. The zero-order valence-corrected chi connectivity index (χ0v) is 18.4. The first-order valence-electron chi connectivity index (χ1n) is 9.55. The molecule has 3 aromatic rings. The number of nitrogens with zero attached hydrogens (tertiary/aromatic N) is 1. The molecular formula is C21H20N2O5Sn. The molecule has 7 nitrogen and oxygen atoms in total. The topological polar surface area (TPSA) is 82.5 Å². The molecule has 29 heavy (non-hydrogen) atoms. The van der Waals surface area contributed by atoms with Crippen LogP contribution in [0.2, 0.25) is 0 Å². The van der Waals surface area contributed by atoms with Crippen molar-refractivity contribution in [1.82, 2.24) is 9.55 Å². The third-order valence-electron chi connectivity index (χ3n) is 5.42. The Hall–Kier alpha value is -2.20. The first-order valence-corrected chi connectivity index (χ1v) is 14.7. The van der Waals surface area contributed by atoms with Gasteiger partial charge in [-0.05, 0) is 0 Å². The zero-order chi connectivity index (χ0) is 19.8. The Kier molecular flexibility index (Phi) is 4.90. The molecule has 0 saturated carbocycles. The van der Waals surface area contributed by atoms with Crippen LogP contribution < -0.4 is 18.4 Å². The summed E-state index contributed by atoms with van der Waals surface area (Å²) in [4.78, 5) is 25.8. The van der Waals surface area contributed by atoms with E-state index >= 15 is 0 Å². The summed E-state index contributed by atoms with van der Waals surface area (Å²) in [6.07, 6.45) is 1.07. The summed E-state index contributed by atoms with van der Waals surface area (Å²) in [6, 6.07) is 21.6. The molecule has 0 spiro atoms. The number of fused-ring (bicyclic) bond motifs is 1. The van der Waals surface area contributed by atoms with Gasteiger partial charge >= 0.3 is 172 Å². The maximum absolute atomic E-state index is 12.2. The molecule has 2 fully saturated rings. The van der Waals surface area contributed by atoms with E-state index in [2.05, 4.69) is 29.2 Å². The van der Waals surface area contributed by atoms with Gasteiger partial charge in [0.25, 0.3) is 0 Å². The number of hydrogen-bond acceptors (Lipinski definition) is 5. The minimum atomic E-state index is -3.85. The Bertz CT molecular complexity index is 1080. The number of nitrogens with one attached hydrogen (secondary N) is 1. The van der Waals surface area contributed by atoms with Crippen molar-refractivity contribution in [2.45, 2.75) is 24.9 Å². The molecule has 0 aliphatic carbocycles. The van der Waals surface area contributed by atoms with Gasteiger partial charge < -0.3 is 0 Å². The molecule has 3 heterocycles. The summed E-state index contributed by atoms with van der Waals surface area (Å²) in [5.41, 5.74) is -0.910. The number of aromatic amines is 1. The van der Waals surface area contributed by atoms with E-state index in [0.717, 1.165) is 7.16 Å². The normalized spacial score (nSPS) is 25.4. The van der Waals surface area contributed by atoms with Crippen molar-refractivity contribution in [3.63, 3.8) is 0 Å². The first kappa shape index (κ1) is 18.8. The predicted molar refractivity (Wildman–Crippen MR) is 109 cm³/mol. The monoisotopic (exact) mass is 500 g/mol. The van der Waals surface area contributed by atoms with Gasteiger partial charge in [0.15, 0.2) is 0 Å². The van der Waals surface area contributed by atoms with Gasteiger partial charge in [-0.1, -0.05) is 0 Å². The Morgan fingerprint density at radius 3 is 2.17 bits per heavy atom. The van der Waals surface area contributed by atoms with E-state index in [1.807, 2.05) is 36.4 Å². The molecular weight excluding hydrogens is 479 g/mol. The number of hydrogen-bond donors (Lipinski definition) is 1. The molecule has 0 unspecified atom stereocenters. The van der Waals surface area contributed by atoms with Crippen molar-refractivity contribution in [2.24, 2.45) is 0 Å². The van der Waals surface area contributed by atoms with Crippen molar-refractivity contribution in [1.29, 1.82) is 0 Å². The second kappa shape index (κ2) is 7.56. The molecule has 2 saturated heterocycles. The number of ether oxygens (including phenoxy) is 1. The summed E-state index contributed by atoms with van der Waals surface area (Å²) in [7, 11) is 0. The SMILES string of the molecule is O=c1ccn([C@@H]2C[C@H]3[O][Sn]([c]4ccccc4)([c]4ccccc4)[O]C[C@@H]3O2)c(=O)[nH]1. The number of rotatable bonds is 3. The Morgan fingerprint density at radius 2 is 1.55 bits per heavy atom. The summed E-state index contributed by atoms with van der Waals surface area (Å²) in [6.45, 7) is 0.416. The third kappa shape index (κ3) is 3.37. The van der Waals surface area contributed by atoms with Crippen molar-refractivity contribution in [2.75, 3.05) is 6.61 Å². The van der Waals surface area contributed by atoms with E-state index in [0.29, 0.717) is 13.0 Å². The van der Waals surface area contributed by atoms with Crippen LogP contribution in [0.5, 0.6) is 0 Å². The standard InChI is InChI=1S/C9H10N2O5.2C6H5.Sn/c12-4-6-5(13)3-8(16-6)11-2-1-7(14)10-9(11)15;2*1-2-4-6-5-3-1;/h1-2,5-6,8H,3-4H2,(H,10,14,15);2*1-5H;/q-2;;;+2/t5-,6+,8+;;;/m1.../s1. The number of benzene rings is 2. The molecule has 1 aromatic heterocycles. The fraction of sp³-hybridized carbons (Fsp3) is 0.238. The number of aromatic nitrogens is 2. The molecule has 3 atom stereocenters. The Morgan fingerprint density at radius 1 is 0.897 bits per heavy atom. The van der Waals surface area contributed by atoms with Crippen LogP contribution in [0.4, 0.5) is 0 Å². The van der Waals surface area contributed by atoms with Gasteiger partial charge in [-0.2, -0.15) is 0 Å². The van der Waals surface area contributed by atoms with E-state index in [1.165, 1.54) is 16.8 Å². The fourth-order valence-corrected chi connectivity index (χ4v) is 13.6. The first-order chi connectivity index (χ1) is 14.2. The van der Waals surface area contributed by atoms with E-state index in [1.54, 1.807) is 0 Å². The van der Waals surface area contributed by atoms with Gasteiger partial charge in [0.1, 0.15) is 0 Å². The second-order valence-electron chi connectivity index (χ2n) is 7.20. The van der Waals surface area contributed by atoms with E-state index in [4.69, 9.17) is 10.9 Å². The minimum absolute atomic E-state index is 0.177. The summed E-state index contributed by atoms with van der Waals surface area (Å²) >= 11 is -3.85. The Labute approximate surface area is 171 Å². The average molecular weight is 499 g/mol. The van der Waals surface area contributed by atoms with Crippen LogP contribution in [-0.2, 0) is 10.9 Å². The van der Waals surface area contributed by atoms with Crippen LogP contribution in [0.15, 0.2) is 82.5 Å². The van der Waals surface area contributed by atoms with Crippen LogP contribution >= 0.6 is 0 Å². The molecule has 0 radical (unpaired) electrons. The molecule has 8 heteroatoms. The van der Waals surface area contributed by atoms with Crippen molar-refractivity contribution >= 4 is 26.4 Å². The van der Waals surface area contributed by atoms with Gasteiger partial charge in [0.05, 0.1) is 0 Å². The van der Waals surface area contributed by atoms with Gasteiger partial charge in [-0.25, -0.2) is 0 Å². The molecule has 2 aliphatic rings. The van der Waals surface area contributed by atoms with Crippen molar-refractivity contribution in [3.8, 4) is 0 Å². The van der Waals surface area contributed by atoms with Crippen LogP contribution in [0.25, 0.3) is 0 Å². The Balaban J connectivity index is 1.49. The van der Waals surface area contributed by atoms with Crippen LogP contribution in [-0.4, -0.2) is 47.6 Å². The molecule has 1 N–H and O–H groups in total. The molecule has 0 amide bonds. The van der Waals surface area contributed by atoms with Crippen LogP contribution in [0.3, 0.4) is 0 Å². The quantitative estimate of drug-likeness (QED) is 0.532. The molecule has 5 rings (SSSR count). The average Bonchev–Trinajstić information content (AvgIpc) is 3.17. The molecule has 148 valence electrons. The van der Waals surface area contributed by atoms with Gasteiger partial charge in [-0.3, -0.25) is 0 Å². The summed E-state index contributed by atoms with van der Waals surface area (Å²) in [5, 5.41) is 0. The third-order valence-corrected chi connectivity index (χ3v) is 15.1. The maximum atomic E-state index is 12.2. The molecule has 2 aromatic carbocycles. The van der Waals surface area contributed by atoms with Gasteiger partial charge in [0.2, 0.25) is 0 Å². The van der Waals surface area contributed by atoms with Crippen LogP contribution in [0.1, 0.15) is 12.6 Å². The van der Waals surface area contributed by atoms with Gasteiger partial charge in [-0.15, -0.1) is 0 Å². The van der Waals surface area contributed by atoms with E-state index < -0.39 is 36.7 Å². The second-order valence-corrected chi connectivity index (χ2v) is 15.5. The fourth-order valence-electron chi connectivity index (χ4n) is 4.03. The number of H-pyrrole nitrogens is 1. The summed E-state index contributed by atoms with van der Waals surface area (Å²) < 4.78 is 22.9. The zero-order valence-electron chi connectivity index (χ0n) is 15.6. The summed E-state index contributed by atoms with van der Waals surface area (Å²) in [5.74, 6) is 0. The van der Waals surface area contributed by atoms with E-state index in [-0.39, 0.29) is 12.2 Å². The van der Waals surface area contributed by atoms with Crippen LogP contribution in [0, 0.1) is 0 Å². The van der Waals surface area contributed by atoms with Gasteiger partial charge in [0, 0.05) is 0 Å². The van der Waals surface area contributed by atoms with Crippen molar-refractivity contribution in [3.05, 3.63) is 93.8 Å².